The summed E-state index contributed by atoms with van der Waals surface area (Å²) >= 11 is 0. The van der Waals surface area contributed by atoms with Gasteiger partial charge in [0.05, 0.1) is 13.7 Å². The molecule has 0 aliphatic rings. The first kappa shape index (κ1) is 15.8. The lowest BCUT2D eigenvalue weighted by Crippen LogP contribution is -2.49. The molecule has 7 nitrogen and oxygen atoms in total. The molecule has 3 N–H and O–H groups in total. The molecule has 0 aliphatic heterocycles. The maximum atomic E-state index is 11.8. The Hall–Kier alpha value is -2.28. The molecule has 0 aliphatic carbocycles. The number of nitrogens with zero attached hydrogens (tertiary/aromatic N) is 1. The number of carboxylic acids is 1. The number of hydrogen-bond acceptors (Lipinski definition) is 4. The fraction of sp³-hybridized carbons (Fsp3) is 0.385. The summed E-state index contributed by atoms with van der Waals surface area (Å²) in [5.74, 6) is -0.735. The second kappa shape index (κ2) is 6.25. The van der Waals surface area contributed by atoms with Crippen LogP contribution < -0.4 is 15.0 Å². The number of carboxylic acid groups (broad SMARTS) is 1. The summed E-state index contributed by atoms with van der Waals surface area (Å²) in [6.07, 6.45) is 0. The van der Waals surface area contributed by atoms with E-state index in [4.69, 9.17) is 9.84 Å². The Morgan fingerprint density at radius 3 is 2.35 bits per heavy atom. The number of hydrogen-bond donors (Lipinski definition) is 3. The molecular weight excluding hydrogens is 264 g/mol. The van der Waals surface area contributed by atoms with E-state index >= 15 is 0 Å². The van der Waals surface area contributed by atoms with Crippen molar-refractivity contribution < 1.29 is 24.5 Å². The Labute approximate surface area is 116 Å². The van der Waals surface area contributed by atoms with Crippen LogP contribution in [0.1, 0.15) is 6.92 Å². The molecule has 7 heteroatoms. The third-order valence-electron chi connectivity index (χ3n) is 2.81. The molecule has 0 heterocycles. The number of benzene rings is 1. The first-order chi connectivity index (χ1) is 9.27. The number of nitrogens with one attached hydrogen (secondary N) is 1. The van der Waals surface area contributed by atoms with Gasteiger partial charge < -0.3 is 20.3 Å². The summed E-state index contributed by atoms with van der Waals surface area (Å²) in [7, 11) is 3.08. The van der Waals surface area contributed by atoms with Crippen molar-refractivity contribution in [2.24, 2.45) is 0 Å². The highest BCUT2D eigenvalue weighted by atomic mass is 16.5. The van der Waals surface area contributed by atoms with Gasteiger partial charge >= 0.3 is 12.0 Å². The summed E-state index contributed by atoms with van der Waals surface area (Å²) in [6.45, 7) is 0.727. The quantitative estimate of drug-likeness (QED) is 0.737. The molecule has 110 valence electrons. The lowest BCUT2D eigenvalue weighted by Gasteiger charge is -2.22. The minimum Gasteiger partial charge on any atom is -0.497 e. The number of rotatable bonds is 5. The fourth-order valence-electron chi connectivity index (χ4n) is 1.37. The van der Waals surface area contributed by atoms with Crippen LogP contribution in [0.5, 0.6) is 5.75 Å². The molecule has 0 radical (unpaired) electrons. The van der Waals surface area contributed by atoms with Crippen LogP contribution >= 0.6 is 0 Å². The Kier molecular flexibility index (Phi) is 4.93. The molecule has 20 heavy (non-hydrogen) atoms. The highest BCUT2D eigenvalue weighted by molar-refractivity contribution is 5.92. The molecule has 1 aromatic carbocycles. The van der Waals surface area contributed by atoms with Gasteiger partial charge in [0, 0.05) is 12.7 Å². The van der Waals surface area contributed by atoms with Crippen LogP contribution in [0.15, 0.2) is 24.3 Å². The molecule has 0 saturated heterocycles. The lowest BCUT2D eigenvalue weighted by atomic mass is 10.1. The van der Waals surface area contributed by atoms with Gasteiger partial charge in [-0.2, -0.15) is 0 Å². The van der Waals surface area contributed by atoms with E-state index < -0.39 is 17.6 Å². The molecule has 1 aromatic rings. The summed E-state index contributed by atoms with van der Waals surface area (Å²) in [5, 5.41) is 20.6. The van der Waals surface area contributed by atoms with Crippen LogP contribution in [0.3, 0.4) is 0 Å². The molecule has 0 spiro atoms. The minimum atomic E-state index is -2.00. The molecule has 1 unspecified atom stereocenters. The van der Waals surface area contributed by atoms with Crippen molar-refractivity contribution >= 4 is 17.7 Å². The van der Waals surface area contributed by atoms with Gasteiger partial charge in [0.15, 0.2) is 5.60 Å². The van der Waals surface area contributed by atoms with Crippen molar-refractivity contribution in [3.05, 3.63) is 24.3 Å². The van der Waals surface area contributed by atoms with Gasteiger partial charge in [-0.05, 0) is 31.2 Å². The molecular formula is C13H18N2O5. The Bertz CT molecular complexity index is 484. The summed E-state index contributed by atoms with van der Waals surface area (Å²) in [5.41, 5.74) is -1.39. The van der Waals surface area contributed by atoms with Crippen molar-refractivity contribution in [2.75, 3.05) is 25.6 Å². The summed E-state index contributed by atoms with van der Waals surface area (Å²) < 4.78 is 5.01. The second-order valence-corrected chi connectivity index (χ2v) is 4.49. The van der Waals surface area contributed by atoms with Crippen LogP contribution in [0.4, 0.5) is 10.5 Å². The first-order valence-electron chi connectivity index (χ1n) is 5.89. The number of ether oxygens (including phenoxy) is 1. The number of amides is 2. The van der Waals surface area contributed by atoms with Crippen molar-refractivity contribution in [2.45, 2.75) is 12.5 Å². The van der Waals surface area contributed by atoms with E-state index in [0.29, 0.717) is 11.4 Å². The van der Waals surface area contributed by atoms with Crippen molar-refractivity contribution in [3.63, 3.8) is 0 Å². The highest BCUT2D eigenvalue weighted by Crippen LogP contribution is 2.18. The standard InChI is InChI=1S/C13H18N2O5/c1-13(19,11(16)17)8-14-12(18)15(2)9-4-6-10(20-3)7-5-9/h4-7,19H,8H2,1-3H3,(H,14,18)(H,16,17). The third-order valence-corrected chi connectivity index (χ3v) is 2.81. The predicted molar refractivity (Wildman–Crippen MR) is 73.1 cm³/mol. The van der Waals surface area contributed by atoms with Crippen molar-refractivity contribution in [3.8, 4) is 5.75 Å². The van der Waals surface area contributed by atoms with E-state index in [9.17, 15) is 14.7 Å². The van der Waals surface area contributed by atoms with E-state index in [1.54, 1.807) is 31.4 Å². The van der Waals surface area contributed by atoms with Crippen LogP contribution in [-0.4, -0.2) is 48.5 Å². The maximum Gasteiger partial charge on any atom is 0.337 e. The average molecular weight is 282 g/mol. The van der Waals surface area contributed by atoms with Crippen molar-refractivity contribution in [1.29, 1.82) is 0 Å². The SMILES string of the molecule is COc1ccc(N(C)C(=O)NCC(C)(O)C(=O)O)cc1. The van der Waals surface area contributed by atoms with Crippen LogP contribution in [0.25, 0.3) is 0 Å². The number of aliphatic hydroxyl groups is 1. The van der Waals surface area contributed by atoms with Gasteiger partial charge in [-0.3, -0.25) is 4.90 Å². The molecule has 0 bridgehead atoms. The zero-order valence-corrected chi connectivity index (χ0v) is 11.6. The topological polar surface area (TPSA) is 99.1 Å². The van der Waals surface area contributed by atoms with Gasteiger partial charge in [-0.1, -0.05) is 0 Å². The highest BCUT2D eigenvalue weighted by Gasteiger charge is 2.30. The smallest absolute Gasteiger partial charge is 0.337 e. The summed E-state index contributed by atoms with van der Waals surface area (Å²) in [4.78, 5) is 23.9. The first-order valence-corrected chi connectivity index (χ1v) is 5.89. The molecule has 0 aromatic heterocycles. The average Bonchev–Trinajstić information content (AvgIpc) is 2.44. The number of urea groups is 1. The van der Waals surface area contributed by atoms with Gasteiger partial charge in [0.1, 0.15) is 5.75 Å². The minimum absolute atomic E-state index is 0.387. The monoisotopic (exact) mass is 282 g/mol. The third kappa shape index (κ3) is 3.86. The predicted octanol–water partition coefficient (Wildman–Crippen LogP) is 0.677. The van der Waals surface area contributed by atoms with E-state index in [2.05, 4.69) is 5.32 Å². The summed E-state index contributed by atoms with van der Waals surface area (Å²) in [6, 6.07) is 6.26. The molecule has 0 fully saturated rings. The van der Waals surface area contributed by atoms with Gasteiger partial charge in [-0.15, -0.1) is 0 Å². The lowest BCUT2D eigenvalue weighted by molar-refractivity contribution is -0.155. The fourth-order valence-corrected chi connectivity index (χ4v) is 1.37. The number of methoxy groups -OCH3 is 1. The zero-order valence-electron chi connectivity index (χ0n) is 11.6. The van der Waals surface area contributed by atoms with Crippen molar-refractivity contribution in [1.82, 2.24) is 5.32 Å². The molecule has 1 rings (SSSR count). The maximum absolute atomic E-state index is 11.8. The number of anilines is 1. The van der Waals surface area contributed by atoms with Crippen LogP contribution in [0, 0.1) is 0 Å². The second-order valence-electron chi connectivity index (χ2n) is 4.49. The molecule has 0 saturated carbocycles. The van der Waals surface area contributed by atoms with Gasteiger partial charge in [0.2, 0.25) is 0 Å². The number of carbonyl (C=O) groups is 2. The number of aliphatic carboxylic acids is 1. The van der Waals surface area contributed by atoms with E-state index in [-0.39, 0.29) is 6.54 Å². The normalized spacial score (nSPS) is 13.2. The van der Waals surface area contributed by atoms with E-state index in [1.165, 1.54) is 11.9 Å². The van der Waals surface area contributed by atoms with Gasteiger partial charge in [0.25, 0.3) is 0 Å². The van der Waals surface area contributed by atoms with Gasteiger partial charge in [-0.25, -0.2) is 9.59 Å². The zero-order chi connectivity index (χ0) is 15.3. The molecule has 2 amide bonds. The Balaban J connectivity index is 2.65. The number of carbonyl (C=O) groups excluding carboxylic acids is 1. The Morgan fingerprint density at radius 2 is 1.90 bits per heavy atom. The van der Waals surface area contributed by atoms with E-state index in [0.717, 1.165) is 6.92 Å². The van der Waals surface area contributed by atoms with Crippen LogP contribution in [0.2, 0.25) is 0 Å². The largest absolute Gasteiger partial charge is 0.497 e. The van der Waals surface area contributed by atoms with E-state index in [1.807, 2.05) is 0 Å². The van der Waals surface area contributed by atoms with Crippen LogP contribution in [-0.2, 0) is 4.79 Å². The molecule has 1 atom stereocenters. The Morgan fingerprint density at radius 1 is 1.35 bits per heavy atom.